The molecule has 0 aliphatic heterocycles. The molecule has 3 heteroatoms. The highest BCUT2D eigenvalue weighted by atomic mass is 35.5. The topological polar surface area (TPSA) is 29.1 Å². The summed E-state index contributed by atoms with van der Waals surface area (Å²) in [6, 6.07) is 25.5. The van der Waals surface area contributed by atoms with Crippen LogP contribution in [0.1, 0.15) is 28.3 Å². The Hall–Kier alpha value is -2.58. The van der Waals surface area contributed by atoms with Crippen LogP contribution in [0.25, 0.3) is 0 Å². The molecule has 0 aromatic heterocycles. The molecule has 1 N–H and O–H groups in total. The molecule has 25 heavy (non-hydrogen) atoms. The molecule has 0 aliphatic carbocycles. The maximum atomic E-state index is 12.6. The second kappa shape index (κ2) is 8.00. The molecule has 3 aromatic carbocycles. The summed E-state index contributed by atoms with van der Waals surface area (Å²) in [6.07, 6.45) is 0.259. The number of halogens is 1. The van der Waals surface area contributed by atoms with Gasteiger partial charge in [-0.2, -0.15) is 0 Å². The number of amides is 1. The molecule has 1 amide bonds. The predicted molar refractivity (Wildman–Crippen MR) is 103 cm³/mol. The average molecular weight is 350 g/mol. The van der Waals surface area contributed by atoms with Gasteiger partial charge in [0.2, 0.25) is 5.91 Å². The monoisotopic (exact) mass is 349 g/mol. The molecule has 0 heterocycles. The average Bonchev–Trinajstić information content (AvgIpc) is 2.63. The summed E-state index contributed by atoms with van der Waals surface area (Å²) in [5, 5.41) is 3.76. The van der Waals surface area contributed by atoms with Crippen LogP contribution < -0.4 is 5.32 Å². The molecule has 126 valence electrons. The van der Waals surface area contributed by atoms with Crippen molar-refractivity contribution in [3.63, 3.8) is 0 Å². The van der Waals surface area contributed by atoms with Gasteiger partial charge in [0.25, 0.3) is 0 Å². The number of nitrogens with one attached hydrogen (secondary N) is 1. The van der Waals surface area contributed by atoms with E-state index < -0.39 is 0 Å². The van der Waals surface area contributed by atoms with Gasteiger partial charge in [-0.1, -0.05) is 90.0 Å². The molecule has 0 aliphatic rings. The zero-order valence-corrected chi connectivity index (χ0v) is 14.8. The predicted octanol–water partition coefficient (Wildman–Crippen LogP) is 5.10. The Morgan fingerprint density at radius 3 is 2.16 bits per heavy atom. The summed E-state index contributed by atoms with van der Waals surface area (Å²) < 4.78 is 0. The van der Waals surface area contributed by atoms with E-state index >= 15 is 0 Å². The number of rotatable bonds is 5. The third-order valence-electron chi connectivity index (χ3n) is 4.16. The van der Waals surface area contributed by atoms with Crippen LogP contribution in [0.2, 0.25) is 5.02 Å². The van der Waals surface area contributed by atoms with Crippen molar-refractivity contribution in [3.05, 3.63) is 106 Å². The molecule has 3 aromatic rings. The van der Waals surface area contributed by atoms with Gasteiger partial charge in [0.15, 0.2) is 0 Å². The van der Waals surface area contributed by atoms with Gasteiger partial charge in [0.05, 0.1) is 12.5 Å². The normalized spacial score (nSPS) is 11.8. The van der Waals surface area contributed by atoms with Crippen molar-refractivity contribution in [3.8, 4) is 0 Å². The Kier molecular flexibility index (Phi) is 5.52. The van der Waals surface area contributed by atoms with E-state index in [0.29, 0.717) is 5.02 Å². The zero-order valence-electron chi connectivity index (χ0n) is 14.1. The number of carbonyl (C=O) groups is 1. The molecular weight excluding hydrogens is 330 g/mol. The highest BCUT2D eigenvalue weighted by molar-refractivity contribution is 6.31. The number of aryl methyl sites for hydroxylation is 1. The molecule has 0 spiro atoms. The Balaban J connectivity index is 1.84. The fraction of sp³-hybridized carbons (Fsp3) is 0.136. The Labute approximate surface area is 153 Å². The van der Waals surface area contributed by atoms with Crippen LogP contribution in [-0.2, 0) is 11.2 Å². The number of hydrogen-bond donors (Lipinski definition) is 1. The van der Waals surface area contributed by atoms with E-state index in [0.717, 1.165) is 16.7 Å². The van der Waals surface area contributed by atoms with Crippen molar-refractivity contribution in [2.24, 2.45) is 0 Å². The van der Waals surface area contributed by atoms with Crippen molar-refractivity contribution in [2.75, 3.05) is 0 Å². The lowest BCUT2D eigenvalue weighted by atomic mass is 9.97. The van der Waals surface area contributed by atoms with Gasteiger partial charge >= 0.3 is 0 Å². The van der Waals surface area contributed by atoms with Crippen molar-refractivity contribution in [2.45, 2.75) is 19.4 Å². The third kappa shape index (κ3) is 4.49. The second-order valence-corrected chi connectivity index (χ2v) is 6.50. The van der Waals surface area contributed by atoms with Crippen molar-refractivity contribution in [1.29, 1.82) is 0 Å². The van der Waals surface area contributed by atoms with E-state index in [-0.39, 0.29) is 18.4 Å². The van der Waals surface area contributed by atoms with E-state index in [1.165, 1.54) is 5.56 Å². The lowest BCUT2D eigenvalue weighted by Crippen LogP contribution is -2.30. The van der Waals surface area contributed by atoms with Gasteiger partial charge in [-0.3, -0.25) is 4.79 Å². The van der Waals surface area contributed by atoms with Gasteiger partial charge in [-0.25, -0.2) is 0 Å². The van der Waals surface area contributed by atoms with Gasteiger partial charge in [-0.05, 0) is 29.7 Å². The molecule has 1 unspecified atom stereocenters. The highest BCUT2D eigenvalue weighted by Crippen LogP contribution is 2.23. The lowest BCUT2D eigenvalue weighted by molar-refractivity contribution is -0.120. The minimum atomic E-state index is -0.184. The molecule has 0 fully saturated rings. The van der Waals surface area contributed by atoms with E-state index in [9.17, 15) is 4.79 Å². The van der Waals surface area contributed by atoms with Crippen LogP contribution in [0.4, 0.5) is 0 Å². The quantitative estimate of drug-likeness (QED) is 0.682. The first-order chi connectivity index (χ1) is 12.1. The molecular formula is C22H20ClNO. The lowest BCUT2D eigenvalue weighted by Gasteiger charge is -2.20. The Morgan fingerprint density at radius 2 is 1.48 bits per heavy atom. The van der Waals surface area contributed by atoms with Crippen molar-refractivity contribution >= 4 is 17.5 Å². The minimum absolute atomic E-state index is 0.0532. The molecule has 0 bridgehead atoms. The maximum absolute atomic E-state index is 12.6. The van der Waals surface area contributed by atoms with Crippen LogP contribution in [0.3, 0.4) is 0 Å². The van der Waals surface area contributed by atoms with Crippen molar-refractivity contribution < 1.29 is 4.79 Å². The first kappa shape index (κ1) is 17.2. The van der Waals surface area contributed by atoms with E-state index in [1.807, 2.05) is 48.5 Å². The molecule has 2 nitrogen and oxygen atoms in total. The summed E-state index contributed by atoms with van der Waals surface area (Å²) in [5.41, 5.74) is 4.14. The number of benzene rings is 3. The summed E-state index contributed by atoms with van der Waals surface area (Å²) in [5.74, 6) is -0.0532. The van der Waals surface area contributed by atoms with E-state index in [2.05, 4.69) is 36.5 Å². The number of hydrogen-bond acceptors (Lipinski definition) is 1. The van der Waals surface area contributed by atoms with Gasteiger partial charge in [-0.15, -0.1) is 0 Å². The SMILES string of the molecule is Cc1ccc(C(NC(=O)Cc2ccccc2Cl)c2ccccc2)cc1. The number of carbonyl (C=O) groups excluding carboxylic acids is 1. The minimum Gasteiger partial charge on any atom is -0.345 e. The first-order valence-electron chi connectivity index (χ1n) is 8.28. The summed E-state index contributed by atoms with van der Waals surface area (Å²) >= 11 is 6.18. The smallest absolute Gasteiger partial charge is 0.225 e. The van der Waals surface area contributed by atoms with Gasteiger partial charge < -0.3 is 5.32 Å². The fourth-order valence-corrected chi connectivity index (χ4v) is 2.99. The van der Waals surface area contributed by atoms with Crippen LogP contribution in [-0.4, -0.2) is 5.91 Å². The first-order valence-corrected chi connectivity index (χ1v) is 8.65. The highest BCUT2D eigenvalue weighted by Gasteiger charge is 2.17. The van der Waals surface area contributed by atoms with Crippen LogP contribution in [0.15, 0.2) is 78.9 Å². The molecule has 0 saturated heterocycles. The molecule has 0 radical (unpaired) electrons. The molecule has 3 rings (SSSR count). The van der Waals surface area contributed by atoms with Crippen LogP contribution in [0.5, 0.6) is 0 Å². The largest absolute Gasteiger partial charge is 0.345 e. The van der Waals surface area contributed by atoms with Gasteiger partial charge in [0, 0.05) is 5.02 Å². The maximum Gasteiger partial charge on any atom is 0.225 e. The third-order valence-corrected chi connectivity index (χ3v) is 4.53. The van der Waals surface area contributed by atoms with E-state index in [1.54, 1.807) is 6.07 Å². The van der Waals surface area contributed by atoms with Gasteiger partial charge in [0.1, 0.15) is 0 Å². The van der Waals surface area contributed by atoms with Crippen molar-refractivity contribution in [1.82, 2.24) is 5.32 Å². The Morgan fingerprint density at radius 1 is 0.880 bits per heavy atom. The van der Waals surface area contributed by atoms with Crippen LogP contribution >= 0.6 is 11.6 Å². The van der Waals surface area contributed by atoms with Crippen LogP contribution in [0, 0.1) is 6.92 Å². The fourth-order valence-electron chi connectivity index (χ4n) is 2.79. The molecule has 1 atom stereocenters. The standard InChI is InChI=1S/C22H20ClNO/c1-16-11-13-18(14-12-16)22(17-7-3-2-4-8-17)24-21(25)15-19-9-5-6-10-20(19)23/h2-14,22H,15H2,1H3,(H,24,25). The second-order valence-electron chi connectivity index (χ2n) is 6.09. The summed E-state index contributed by atoms with van der Waals surface area (Å²) in [6.45, 7) is 2.05. The molecule has 0 saturated carbocycles. The zero-order chi connectivity index (χ0) is 17.6. The summed E-state index contributed by atoms with van der Waals surface area (Å²) in [4.78, 5) is 12.6. The van der Waals surface area contributed by atoms with E-state index in [4.69, 9.17) is 11.6 Å². The Bertz CT molecular complexity index is 843. The summed E-state index contributed by atoms with van der Waals surface area (Å²) in [7, 11) is 0.